The van der Waals surface area contributed by atoms with Gasteiger partial charge in [-0.25, -0.2) is 0 Å². The van der Waals surface area contributed by atoms with Crippen LogP contribution >= 0.6 is 0 Å². The van der Waals surface area contributed by atoms with Crippen LogP contribution in [0.5, 0.6) is 5.75 Å². The predicted molar refractivity (Wildman–Crippen MR) is 95.3 cm³/mol. The molecule has 0 amide bonds. The van der Waals surface area contributed by atoms with Crippen LogP contribution in [-0.4, -0.2) is 35.7 Å². The maximum Gasteiger partial charge on any atom is 0.304 e. The van der Waals surface area contributed by atoms with Crippen molar-refractivity contribution in [3.63, 3.8) is 0 Å². The average molecular weight is 327 g/mol. The summed E-state index contributed by atoms with van der Waals surface area (Å²) in [6.45, 7) is 3.40. The number of nitrogens with zero attached hydrogens (tertiary/aromatic N) is 1. The number of carboxylic acids is 1. The Kier molecular flexibility index (Phi) is 6.82. The first-order valence-corrected chi connectivity index (χ1v) is 8.22. The monoisotopic (exact) mass is 327 g/mol. The molecule has 0 saturated carbocycles. The molecule has 0 spiro atoms. The van der Waals surface area contributed by atoms with Gasteiger partial charge in [0, 0.05) is 19.1 Å². The number of carbonyl (C=O) groups is 1. The average Bonchev–Trinajstić information content (AvgIpc) is 2.59. The molecule has 24 heavy (non-hydrogen) atoms. The summed E-state index contributed by atoms with van der Waals surface area (Å²) in [7, 11) is 1.68. The van der Waals surface area contributed by atoms with E-state index in [0.29, 0.717) is 6.54 Å². The molecule has 0 saturated heterocycles. The van der Waals surface area contributed by atoms with E-state index in [1.807, 2.05) is 36.4 Å². The molecular formula is C20H25NO3. The van der Waals surface area contributed by atoms with Crippen molar-refractivity contribution in [2.24, 2.45) is 0 Å². The minimum Gasteiger partial charge on any atom is -0.496 e. The lowest BCUT2D eigenvalue weighted by Crippen LogP contribution is -2.36. The summed E-state index contributed by atoms with van der Waals surface area (Å²) in [5.74, 6) is 0.111. The smallest absolute Gasteiger partial charge is 0.304 e. The minimum absolute atomic E-state index is 0.142. The van der Waals surface area contributed by atoms with Gasteiger partial charge in [-0.1, -0.05) is 48.5 Å². The van der Waals surface area contributed by atoms with Crippen LogP contribution in [0, 0.1) is 0 Å². The Morgan fingerprint density at radius 3 is 2.46 bits per heavy atom. The number of aliphatic carboxylic acids is 1. The van der Waals surface area contributed by atoms with Gasteiger partial charge in [-0.15, -0.1) is 0 Å². The summed E-state index contributed by atoms with van der Waals surface area (Å²) in [6, 6.07) is 18.3. The first-order chi connectivity index (χ1) is 11.6. The van der Waals surface area contributed by atoms with E-state index in [4.69, 9.17) is 9.84 Å². The SMILES string of the molecule is COc1ccccc1CC(C)N(CCC(=O)O)Cc1ccccc1. The van der Waals surface area contributed by atoms with Crippen LogP contribution in [0.1, 0.15) is 24.5 Å². The molecule has 0 aromatic heterocycles. The lowest BCUT2D eigenvalue weighted by atomic mass is 10.0. The molecule has 1 unspecified atom stereocenters. The van der Waals surface area contributed by atoms with E-state index in [9.17, 15) is 4.79 Å². The lowest BCUT2D eigenvalue weighted by Gasteiger charge is -2.29. The Hall–Kier alpha value is -2.33. The van der Waals surface area contributed by atoms with Gasteiger partial charge in [-0.05, 0) is 30.5 Å². The van der Waals surface area contributed by atoms with Crippen LogP contribution in [0.3, 0.4) is 0 Å². The third kappa shape index (κ3) is 5.39. The maximum absolute atomic E-state index is 11.0. The fourth-order valence-electron chi connectivity index (χ4n) is 2.83. The number of benzene rings is 2. The van der Waals surface area contributed by atoms with Crippen LogP contribution in [0.25, 0.3) is 0 Å². The zero-order valence-electron chi connectivity index (χ0n) is 14.3. The molecule has 0 aliphatic rings. The van der Waals surface area contributed by atoms with Crippen molar-refractivity contribution in [2.45, 2.75) is 32.4 Å². The second-order valence-corrected chi connectivity index (χ2v) is 5.96. The van der Waals surface area contributed by atoms with Crippen molar-refractivity contribution >= 4 is 5.97 Å². The fraction of sp³-hybridized carbons (Fsp3) is 0.350. The normalized spacial score (nSPS) is 12.1. The van der Waals surface area contributed by atoms with Crippen LogP contribution in [0.15, 0.2) is 54.6 Å². The third-order valence-electron chi connectivity index (χ3n) is 4.17. The Morgan fingerprint density at radius 2 is 1.79 bits per heavy atom. The summed E-state index contributed by atoms with van der Waals surface area (Å²) in [4.78, 5) is 13.2. The van der Waals surface area contributed by atoms with Crippen molar-refractivity contribution < 1.29 is 14.6 Å². The second kappa shape index (κ2) is 9.08. The quantitative estimate of drug-likeness (QED) is 0.764. The van der Waals surface area contributed by atoms with Gasteiger partial charge in [0.25, 0.3) is 0 Å². The van der Waals surface area contributed by atoms with Crippen LogP contribution in [0.4, 0.5) is 0 Å². The van der Waals surface area contributed by atoms with Crippen molar-refractivity contribution in [1.82, 2.24) is 4.90 Å². The number of rotatable bonds is 9. The molecule has 0 heterocycles. The van der Waals surface area contributed by atoms with E-state index in [0.717, 1.165) is 24.3 Å². The highest BCUT2D eigenvalue weighted by Gasteiger charge is 2.17. The van der Waals surface area contributed by atoms with Crippen molar-refractivity contribution in [3.05, 3.63) is 65.7 Å². The molecule has 4 heteroatoms. The lowest BCUT2D eigenvalue weighted by molar-refractivity contribution is -0.137. The summed E-state index contributed by atoms with van der Waals surface area (Å²) in [5, 5.41) is 9.04. The molecule has 1 N–H and O–H groups in total. The molecule has 1 atom stereocenters. The van der Waals surface area contributed by atoms with E-state index in [1.54, 1.807) is 7.11 Å². The highest BCUT2D eigenvalue weighted by Crippen LogP contribution is 2.21. The molecule has 0 aliphatic carbocycles. The van der Waals surface area contributed by atoms with Crippen molar-refractivity contribution in [1.29, 1.82) is 0 Å². The summed E-state index contributed by atoms with van der Waals surface area (Å²) < 4.78 is 5.43. The van der Waals surface area contributed by atoms with Gasteiger partial charge in [0.15, 0.2) is 0 Å². The number of methoxy groups -OCH3 is 1. The van der Waals surface area contributed by atoms with Gasteiger partial charge in [-0.2, -0.15) is 0 Å². The largest absolute Gasteiger partial charge is 0.496 e. The van der Waals surface area contributed by atoms with Gasteiger partial charge in [-0.3, -0.25) is 9.69 Å². The van der Waals surface area contributed by atoms with Crippen LogP contribution in [-0.2, 0) is 17.8 Å². The molecule has 2 aromatic rings. The minimum atomic E-state index is -0.766. The first kappa shape index (κ1) is 18.0. The summed E-state index contributed by atoms with van der Waals surface area (Å²) >= 11 is 0. The summed E-state index contributed by atoms with van der Waals surface area (Å²) in [5.41, 5.74) is 2.33. The first-order valence-electron chi connectivity index (χ1n) is 8.22. The molecule has 0 bridgehead atoms. The molecule has 2 aromatic carbocycles. The van der Waals surface area contributed by atoms with Gasteiger partial charge in [0.2, 0.25) is 0 Å². The zero-order valence-corrected chi connectivity index (χ0v) is 14.3. The van der Waals surface area contributed by atoms with Gasteiger partial charge < -0.3 is 9.84 Å². The summed E-state index contributed by atoms with van der Waals surface area (Å²) in [6.07, 6.45) is 0.958. The number of ether oxygens (including phenoxy) is 1. The van der Waals surface area contributed by atoms with E-state index in [-0.39, 0.29) is 12.5 Å². The van der Waals surface area contributed by atoms with Gasteiger partial charge in [0.1, 0.15) is 5.75 Å². The van der Waals surface area contributed by atoms with E-state index in [1.165, 1.54) is 5.56 Å². The standard InChI is InChI=1S/C20H25NO3/c1-16(14-18-10-6-7-11-19(18)24-2)21(13-12-20(22)23)15-17-8-4-3-5-9-17/h3-11,16H,12-15H2,1-2H3,(H,22,23). The number of hydrogen-bond acceptors (Lipinski definition) is 3. The Morgan fingerprint density at radius 1 is 1.12 bits per heavy atom. The van der Waals surface area contributed by atoms with Gasteiger partial charge in [0.05, 0.1) is 13.5 Å². The van der Waals surface area contributed by atoms with E-state index in [2.05, 4.69) is 30.0 Å². The third-order valence-corrected chi connectivity index (χ3v) is 4.17. The highest BCUT2D eigenvalue weighted by molar-refractivity contribution is 5.66. The number of hydrogen-bond donors (Lipinski definition) is 1. The Labute approximate surface area is 143 Å². The molecular weight excluding hydrogens is 302 g/mol. The fourth-order valence-corrected chi connectivity index (χ4v) is 2.83. The van der Waals surface area contributed by atoms with Crippen molar-refractivity contribution in [3.8, 4) is 5.75 Å². The molecule has 0 fully saturated rings. The number of para-hydroxylation sites is 1. The molecule has 4 nitrogen and oxygen atoms in total. The van der Waals surface area contributed by atoms with Crippen molar-refractivity contribution in [2.75, 3.05) is 13.7 Å². The molecule has 0 radical (unpaired) electrons. The topological polar surface area (TPSA) is 49.8 Å². The van der Waals surface area contributed by atoms with E-state index >= 15 is 0 Å². The highest BCUT2D eigenvalue weighted by atomic mass is 16.5. The Balaban J connectivity index is 2.10. The maximum atomic E-state index is 11.0. The number of carboxylic acid groups (broad SMARTS) is 1. The molecule has 128 valence electrons. The van der Waals surface area contributed by atoms with Crippen LogP contribution in [0.2, 0.25) is 0 Å². The zero-order chi connectivity index (χ0) is 17.4. The Bertz CT molecular complexity index is 642. The van der Waals surface area contributed by atoms with E-state index < -0.39 is 5.97 Å². The molecule has 0 aliphatic heterocycles. The molecule has 2 rings (SSSR count). The van der Waals surface area contributed by atoms with Gasteiger partial charge >= 0.3 is 5.97 Å². The predicted octanol–water partition coefficient (Wildman–Crippen LogP) is 3.60. The van der Waals surface area contributed by atoms with Crippen LogP contribution < -0.4 is 4.74 Å². The second-order valence-electron chi connectivity index (χ2n) is 5.96.